The molecule has 0 aliphatic rings. The van der Waals surface area contributed by atoms with Gasteiger partial charge in [0.1, 0.15) is 16.9 Å². The van der Waals surface area contributed by atoms with E-state index in [-0.39, 0.29) is 12.0 Å². The number of rotatable bonds is 4. The molecule has 3 aromatic heterocycles. The Balaban J connectivity index is 1.55. The molecular weight excluding hydrogens is 346 g/mol. The van der Waals surface area contributed by atoms with Gasteiger partial charge in [0.2, 0.25) is 5.88 Å². The number of thiophene rings is 1. The van der Waals surface area contributed by atoms with Crippen LogP contribution in [0.2, 0.25) is 0 Å². The Labute approximate surface area is 155 Å². The van der Waals surface area contributed by atoms with E-state index in [9.17, 15) is 0 Å². The molecular formula is C20H19N3O2S. The molecule has 0 saturated heterocycles. The number of hydrogen-bond acceptors (Lipinski definition) is 6. The van der Waals surface area contributed by atoms with Gasteiger partial charge in [0.05, 0.1) is 5.39 Å². The topological polar surface area (TPSA) is 61.0 Å². The Bertz CT molecular complexity index is 1030. The number of fused-ring (bicyclic) bond motifs is 1. The monoisotopic (exact) mass is 365 g/mol. The summed E-state index contributed by atoms with van der Waals surface area (Å²) >= 11 is 1.67. The summed E-state index contributed by atoms with van der Waals surface area (Å²) in [6.45, 7) is 6.83. The molecule has 6 heteroatoms. The molecule has 0 N–H and O–H groups in total. The summed E-state index contributed by atoms with van der Waals surface area (Å²) in [5.41, 5.74) is 1.88. The highest BCUT2D eigenvalue weighted by molar-refractivity contribution is 7.18. The van der Waals surface area contributed by atoms with E-state index in [0.717, 1.165) is 21.5 Å². The van der Waals surface area contributed by atoms with Gasteiger partial charge in [-0.3, -0.25) is 0 Å². The van der Waals surface area contributed by atoms with Gasteiger partial charge in [-0.05, 0) is 11.5 Å². The van der Waals surface area contributed by atoms with Gasteiger partial charge in [0, 0.05) is 16.5 Å². The highest BCUT2D eigenvalue weighted by atomic mass is 32.1. The molecule has 5 nitrogen and oxygen atoms in total. The maximum Gasteiger partial charge on any atom is 0.225 e. The second kappa shape index (κ2) is 6.53. The van der Waals surface area contributed by atoms with Crippen LogP contribution >= 0.6 is 11.3 Å². The molecule has 4 rings (SSSR count). The zero-order valence-electron chi connectivity index (χ0n) is 14.9. The van der Waals surface area contributed by atoms with Gasteiger partial charge in [-0.25, -0.2) is 9.97 Å². The summed E-state index contributed by atoms with van der Waals surface area (Å²) in [6.07, 6.45) is 1.54. The van der Waals surface area contributed by atoms with Gasteiger partial charge in [-0.2, -0.15) is 0 Å². The normalized spacial score (nSPS) is 11.8. The van der Waals surface area contributed by atoms with Gasteiger partial charge < -0.3 is 9.26 Å². The number of benzene rings is 1. The fourth-order valence-corrected chi connectivity index (χ4v) is 3.63. The summed E-state index contributed by atoms with van der Waals surface area (Å²) in [5, 5.41) is 5.05. The average molecular weight is 365 g/mol. The molecule has 1 aromatic carbocycles. The van der Waals surface area contributed by atoms with E-state index in [4.69, 9.17) is 9.26 Å². The molecule has 0 atom stereocenters. The third kappa shape index (κ3) is 3.32. The van der Waals surface area contributed by atoms with Gasteiger partial charge in [-0.1, -0.05) is 56.3 Å². The molecule has 26 heavy (non-hydrogen) atoms. The summed E-state index contributed by atoms with van der Waals surface area (Å²) in [4.78, 5) is 10.8. The first-order valence-corrected chi connectivity index (χ1v) is 9.21. The zero-order chi connectivity index (χ0) is 18.1. The minimum Gasteiger partial charge on any atom is -0.469 e. The van der Waals surface area contributed by atoms with Crippen LogP contribution in [0.4, 0.5) is 0 Å². The molecule has 0 bridgehead atoms. The number of ether oxygens (including phenoxy) is 1. The van der Waals surface area contributed by atoms with Gasteiger partial charge in [0.25, 0.3) is 0 Å². The van der Waals surface area contributed by atoms with Crippen LogP contribution in [0.3, 0.4) is 0 Å². The third-order valence-electron chi connectivity index (χ3n) is 4.01. The van der Waals surface area contributed by atoms with Crippen molar-refractivity contribution in [2.45, 2.75) is 32.8 Å². The summed E-state index contributed by atoms with van der Waals surface area (Å²) in [7, 11) is 0. The highest BCUT2D eigenvalue weighted by Gasteiger charge is 2.19. The minimum absolute atomic E-state index is 0.0676. The maximum atomic E-state index is 5.90. The number of aromatic nitrogens is 3. The molecule has 0 aliphatic carbocycles. The fraction of sp³-hybridized carbons (Fsp3) is 0.250. The third-order valence-corrected chi connectivity index (χ3v) is 5.48. The van der Waals surface area contributed by atoms with E-state index in [1.54, 1.807) is 11.3 Å². The molecule has 0 saturated carbocycles. The van der Waals surface area contributed by atoms with Crippen LogP contribution in [0.1, 0.15) is 31.4 Å². The fourth-order valence-electron chi connectivity index (χ4n) is 2.58. The van der Waals surface area contributed by atoms with Crippen LogP contribution in [-0.4, -0.2) is 15.1 Å². The number of nitrogens with zero attached hydrogens (tertiary/aromatic N) is 3. The zero-order valence-corrected chi connectivity index (χ0v) is 15.7. The predicted molar refractivity (Wildman–Crippen MR) is 102 cm³/mol. The van der Waals surface area contributed by atoms with Crippen molar-refractivity contribution in [3.8, 4) is 17.1 Å². The molecule has 0 spiro atoms. The predicted octanol–water partition coefficient (Wildman–Crippen LogP) is 5.22. The minimum atomic E-state index is 0.0676. The Morgan fingerprint density at radius 1 is 1.08 bits per heavy atom. The Hall–Kier alpha value is -2.73. The van der Waals surface area contributed by atoms with E-state index in [2.05, 4.69) is 42.0 Å². The lowest BCUT2D eigenvalue weighted by Crippen LogP contribution is -2.07. The van der Waals surface area contributed by atoms with Gasteiger partial charge in [-0.15, -0.1) is 11.3 Å². The van der Waals surface area contributed by atoms with Crippen LogP contribution in [-0.2, 0) is 12.0 Å². The first-order chi connectivity index (χ1) is 12.5. The Kier molecular flexibility index (Phi) is 4.20. The van der Waals surface area contributed by atoms with Gasteiger partial charge >= 0.3 is 0 Å². The second-order valence-electron chi connectivity index (χ2n) is 7.09. The van der Waals surface area contributed by atoms with Crippen LogP contribution < -0.4 is 4.74 Å². The van der Waals surface area contributed by atoms with Gasteiger partial charge in [0.15, 0.2) is 12.4 Å². The lowest BCUT2D eigenvalue weighted by Gasteiger charge is -2.14. The van der Waals surface area contributed by atoms with Crippen LogP contribution in [0.25, 0.3) is 21.5 Å². The quantitative estimate of drug-likeness (QED) is 0.496. The van der Waals surface area contributed by atoms with Crippen molar-refractivity contribution in [1.29, 1.82) is 0 Å². The maximum absolute atomic E-state index is 5.90. The number of hydrogen-bond donors (Lipinski definition) is 0. The van der Waals surface area contributed by atoms with Crippen molar-refractivity contribution in [3.63, 3.8) is 0 Å². The molecule has 3 heterocycles. The first-order valence-electron chi connectivity index (χ1n) is 8.39. The van der Waals surface area contributed by atoms with Crippen LogP contribution in [0, 0.1) is 0 Å². The second-order valence-corrected chi connectivity index (χ2v) is 8.12. The smallest absolute Gasteiger partial charge is 0.225 e. The van der Waals surface area contributed by atoms with Crippen molar-refractivity contribution >= 4 is 21.6 Å². The lowest BCUT2D eigenvalue weighted by atomic mass is 9.94. The van der Waals surface area contributed by atoms with E-state index in [1.807, 2.05) is 36.4 Å². The average Bonchev–Trinajstić information content (AvgIpc) is 3.27. The van der Waals surface area contributed by atoms with Crippen LogP contribution in [0.15, 0.2) is 53.3 Å². The summed E-state index contributed by atoms with van der Waals surface area (Å²) < 4.78 is 11.3. The summed E-state index contributed by atoms with van der Waals surface area (Å²) in [6, 6.07) is 13.9. The van der Waals surface area contributed by atoms with E-state index >= 15 is 0 Å². The summed E-state index contributed by atoms with van der Waals surface area (Å²) in [5.74, 6) is 1.22. The molecule has 4 aromatic rings. The molecule has 0 amide bonds. The van der Waals surface area contributed by atoms with E-state index in [1.165, 1.54) is 11.2 Å². The molecule has 0 radical (unpaired) electrons. The largest absolute Gasteiger partial charge is 0.469 e. The van der Waals surface area contributed by atoms with Crippen LogP contribution in [0.5, 0.6) is 5.88 Å². The lowest BCUT2D eigenvalue weighted by molar-refractivity contribution is 0.244. The van der Waals surface area contributed by atoms with Crippen molar-refractivity contribution in [3.05, 3.63) is 59.4 Å². The Morgan fingerprint density at radius 2 is 1.88 bits per heavy atom. The molecule has 0 fully saturated rings. The van der Waals surface area contributed by atoms with E-state index < -0.39 is 0 Å². The SMILES string of the molecule is CC(C)(C)c1cc2c(OCc3cc(-c4ccccc4)no3)ncnc2s1. The molecule has 0 unspecified atom stereocenters. The first kappa shape index (κ1) is 16.7. The van der Waals surface area contributed by atoms with Crippen molar-refractivity contribution in [2.24, 2.45) is 0 Å². The molecule has 132 valence electrons. The van der Waals surface area contributed by atoms with E-state index in [0.29, 0.717) is 11.6 Å². The van der Waals surface area contributed by atoms with Crippen molar-refractivity contribution in [1.82, 2.24) is 15.1 Å². The van der Waals surface area contributed by atoms with Crippen molar-refractivity contribution < 1.29 is 9.26 Å². The van der Waals surface area contributed by atoms with Crippen molar-refractivity contribution in [2.75, 3.05) is 0 Å². The standard InChI is InChI=1S/C20H19N3O2S/c1-20(2,3)17-10-15-18(21-12-22-19(15)26-17)24-11-14-9-16(23-25-14)13-7-5-4-6-8-13/h4-10,12H,11H2,1-3H3. The highest BCUT2D eigenvalue weighted by Crippen LogP contribution is 2.36. The molecule has 0 aliphatic heterocycles. The Morgan fingerprint density at radius 3 is 2.65 bits per heavy atom.